The lowest BCUT2D eigenvalue weighted by atomic mass is 9.99. The Balaban J connectivity index is 0.00000180. The van der Waals surface area contributed by atoms with Crippen LogP contribution < -0.4 is 10.6 Å². The van der Waals surface area contributed by atoms with E-state index in [1.165, 1.54) is 0 Å². The Bertz CT molecular complexity index is 391. The lowest BCUT2D eigenvalue weighted by Crippen LogP contribution is -2.37. The van der Waals surface area contributed by atoms with Gasteiger partial charge in [-0.2, -0.15) is 5.10 Å². The monoisotopic (exact) mass is 288 g/mol. The molecule has 1 amide bonds. The Labute approximate surface area is 119 Å². The molecule has 0 radical (unpaired) electrons. The molecular formula is C12H21ClN4O2. The van der Waals surface area contributed by atoms with E-state index < -0.39 is 0 Å². The second-order valence-electron chi connectivity index (χ2n) is 4.49. The van der Waals surface area contributed by atoms with Gasteiger partial charge in [0.15, 0.2) is 5.82 Å². The highest BCUT2D eigenvalue weighted by Crippen LogP contribution is 2.12. The summed E-state index contributed by atoms with van der Waals surface area (Å²) in [4.78, 5) is 12.0. The van der Waals surface area contributed by atoms with Crippen LogP contribution in [0, 0.1) is 5.92 Å². The molecule has 19 heavy (non-hydrogen) atoms. The SMILES string of the molecule is COCCn1ccc(NC(=O)C2CCCNC2)n1.Cl. The third-order valence-corrected chi connectivity index (χ3v) is 3.08. The smallest absolute Gasteiger partial charge is 0.229 e. The summed E-state index contributed by atoms with van der Waals surface area (Å²) in [7, 11) is 1.66. The van der Waals surface area contributed by atoms with E-state index in [-0.39, 0.29) is 24.2 Å². The number of methoxy groups -OCH3 is 1. The van der Waals surface area contributed by atoms with Crippen molar-refractivity contribution in [2.24, 2.45) is 5.92 Å². The lowest BCUT2D eigenvalue weighted by molar-refractivity contribution is -0.120. The molecule has 1 unspecified atom stereocenters. The van der Waals surface area contributed by atoms with Crippen molar-refractivity contribution in [3.63, 3.8) is 0 Å². The highest BCUT2D eigenvalue weighted by atomic mass is 35.5. The minimum atomic E-state index is 0. The maximum Gasteiger partial charge on any atom is 0.229 e. The van der Waals surface area contributed by atoms with Gasteiger partial charge < -0.3 is 15.4 Å². The van der Waals surface area contributed by atoms with E-state index in [1.807, 2.05) is 12.3 Å². The van der Waals surface area contributed by atoms with E-state index >= 15 is 0 Å². The lowest BCUT2D eigenvalue weighted by Gasteiger charge is -2.21. The summed E-state index contributed by atoms with van der Waals surface area (Å²) >= 11 is 0. The first-order valence-electron chi connectivity index (χ1n) is 6.33. The third-order valence-electron chi connectivity index (χ3n) is 3.08. The number of piperidine rings is 1. The molecule has 1 fully saturated rings. The highest BCUT2D eigenvalue weighted by Gasteiger charge is 2.21. The van der Waals surface area contributed by atoms with Gasteiger partial charge in [-0.3, -0.25) is 9.48 Å². The van der Waals surface area contributed by atoms with Crippen LogP contribution >= 0.6 is 12.4 Å². The zero-order valence-electron chi connectivity index (χ0n) is 11.1. The Hall–Kier alpha value is -1.11. The van der Waals surface area contributed by atoms with Crippen LogP contribution in [-0.2, 0) is 16.1 Å². The van der Waals surface area contributed by atoms with Gasteiger partial charge in [-0.25, -0.2) is 0 Å². The Morgan fingerprint density at radius 1 is 1.68 bits per heavy atom. The summed E-state index contributed by atoms with van der Waals surface area (Å²) in [6.45, 7) is 3.07. The second-order valence-corrected chi connectivity index (χ2v) is 4.49. The van der Waals surface area contributed by atoms with Crippen molar-refractivity contribution in [2.75, 3.05) is 32.1 Å². The number of nitrogens with one attached hydrogen (secondary N) is 2. The van der Waals surface area contributed by atoms with Gasteiger partial charge in [-0.15, -0.1) is 12.4 Å². The quantitative estimate of drug-likeness (QED) is 0.844. The molecule has 0 saturated carbocycles. The number of rotatable bonds is 5. The van der Waals surface area contributed by atoms with Crippen molar-refractivity contribution >= 4 is 24.1 Å². The number of aromatic nitrogens is 2. The summed E-state index contributed by atoms with van der Waals surface area (Å²) < 4.78 is 6.74. The Morgan fingerprint density at radius 3 is 3.21 bits per heavy atom. The van der Waals surface area contributed by atoms with E-state index in [0.717, 1.165) is 25.9 Å². The van der Waals surface area contributed by atoms with Crippen LogP contribution in [0.15, 0.2) is 12.3 Å². The summed E-state index contributed by atoms with van der Waals surface area (Å²) in [5.41, 5.74) is 0. The average Bonchev–Trinajstić information content (AvgIpc) is 2.85. The van der Waals surface area contributed by atoms with Crippen LogP contribution in [0.3, 0.4) is 0 Å². The molecule has 108 valence electrons. The van der Waals surface area contributed by atoms with E-state index in [2.05, 4.69) is 15.7 Å². The van der Waals surface area contributed by atoms with E-state index in [1.54, 1.807) is 11.8 Å². The zero-order chi connectivity index (χ0) is 12.8. The molecule has 2 heterocycles. The van der Waals surface area contributed by atoms with Crippen molar-refractivity contribution in [1.29, 1.82) is 0 Å². The number of nitrogens with zero attached hydrogens (tertiary/aromatic N) is 2. The van der Waals surface area contributed by atoms with Gasteiger partial charge in [0.25, 0.3) is 0 Å². The van der Waals surface area contributed by atoms with Gasteiger partial charge in [-0.05, 0) is 19.4 Å². The molecule has 7 heteroatoms. The predicted octanol–water partition coefficient (Wildman–Crippen LogP) is 0.889. The molecule has 1 aliphatic rings. The molecule has 1 atom stereocenters. The van der Waals surface area contributed by atoms with Gasteiger partial charge >= 0.3 is 0 Å². The van der Waals surface area contributed by atoms with Gasteiger partial charge in [0.05, 0.1) is 19.1 Å². The number of carbonyl (C=O) groups excluding carboxylic acids is 1. The standard InChI is InChI=1S/C12H20N4O2.ClH/c1-18-8-7-16-6-4-11(15-16)14-12(17)10-3-2-5-13-9-10;/h4,6,10,13H,2-3,5,7-9H2,1H3,(H,14,15,17);1H. The van der Waals surface area contributed by atoms with Crippen LogP contribution in [0.25, 0.3) is 0 Å². The van der Waals surface area contributed by atoms with E-state index in [0.29, 0.717) is 19.0 Å². The number of halogens is 1. The predicted molar refractivity (Wildman–Crippen MR) is 75.6 cm³/mol. The molecule has 2 rings (SSSR count). The first-order chi connectivity index (χ1) is 8.79. The number of anilines is 1. The number of amides is 1. The maximum absolute atomic E-state index is 12.0. The number of carbonyl (C=O) groups is 1. The minimum Gasteiger partial charge on any atom is -0.383 e. The van der Waals surface area contributed by atoms with Gasteiger partial charge in [0.1, 0.15) is 0 Å². The van der Waals surface area contributed by atoms with Crippen LogP contribution in [0.5, 0.6) is 0 Å². The van der Waals surface area contributed by atoms with Gasteiger partial charge in [0.2, 0.25) is 5.91 Å². The maximum atomic E-state index is 12.0. The van der Waals surface area contributed by atoms with Crippen molar-refractivity contribution in [1.82, 2.24) is 15.1 Å². The van der Waals surface area contributed by atoms with Crippen LogP contribution in [0.2, 0.25) is 0 Å². The number of hydrogen-bond donors (Lipinski definition) is 2. The first-order valence-corrected chi connectivity index (χ1v) is 6.33. The molecule has 0 spiro atoms. The Kier molecular flexibility index (Phi) is 6.83. The van der Waals surface area contributed by atoms with E-state index in [4.69, 9.17) is 4.74 Å². The van der Waals surface area contributed by atoms with Crippen molar-refractivity contribution in [2.45, 2.75) is 19.4 Å². The fraction of sp³-hybridized carbons (Fsp3) is 0.667. The summed E-state index contributed by atoms with van der Waals surface area (Å²) in [5.74, 6) is 0.726. The normalized spacial score (nSPS) is 18.7. The summed E-state index contributed by atoms with van der Waals surface area (Å²) in [5, 5.41) is 10.4. The summed E-state index contributed by atoms with van der Waals surface area (Å²) in [6, 6.07) is 1.81. The van der Waals surface area contributed by atoms with Crippen molar-refractivity contribution in [3.05, 3.63) is 12.3 Å². The first kappa shape index (κ1) is 15.9. The molecule has 0 aliphatic carbocycles. The van der Waals surface area contributed by atoms with Crippen LogP contribution in [0.4, 0.5) is 5.82 Å². The largest absolute Gasteiger partial charge is 0.383 e. The minimum absolute atomic E-state index is 0. The fourth-order valence-corrected chi connectivity index (χ4v) is 2.04. The average molecular weight is 289 g/mol. The molecule has 1 saturated heterocycles. The van der Waals surface area contributed by atoms with Gasteiger partial charge in [-0.1, -0.05) is 0 Å². The van der Waals surface area contributed by atoms with E-state index in [9.17, 15) is 4.79 Å². The molecule has 2 N–H and O–H groups in total. The second kappa shape index (κ2) is 8.14. The summed E-state index contributed by atoms with van der Waals surface area (Å²) in [6.07, 6.45) is 3.84. The fourth-order valence-electron chi connectivity index (χ4n) is 2.04. The molecule has 1 aromatic rings. The van der Waals surface area contributed by atoms with Crippen LogP contribution in [-0.4, -0.2) is 42.5 Å². The molecule has 0 aromatic carbocycles. The van der Waals surface area contributed by atoms with Crippen LogP contribution in [0.1, 0.15) is 12.8 Å². The zero-order valence-corrected chi connectivity index (χ0v) is 11.9. The molecule has 1 aliphatic heterocycles. The highest BCUT2D eigenvalue weighted by molar-refractivity contribution is 5.91. The Morgan fingerprint density at radius 2 is 2.53 bits per heavy atom. The van der Waals surface area contributed by atoms with Crippen molar-refractivity contribution < 1.29 is 9.53 Å². The van der Waals surface area contributed by atoms with Gasteiger partial charge in [0, 0.05) is 25.9 Å². The molecule has 1 aromatic heterocycles. The molecule has 6 nitrogen and oxygen atoms in total. The number of ether oxygens (including phenoxy) is 1. The number of hydrogen-bond acceptors (Lipinski definition) is 4. The molecule has 0 bridgehead atoms. The molecular weight excluding hydrogens is 268 g/mol. The van der Waals surface area contributed by atoms with Crippen molar-refractivity contribution in [3.8, 4) is 0 Å². The topological polar surface area (TPSA) is 68.2 Å². The third kappa shape index (κ3) is 4.81.